The zero-order chi connectivity index (χ0) is 25.9. The number of hydrogen-bond acceptors (Lipinski definition) is 5. The number of aliphatic hydroxyl groups excluding tert-OH is 1. The van der Waals surface area contributed by atoms with Crippen LogP contribution in [0.2, 0.25) is 0 Å². The summed E-state index contributed by atoms with van der Waals surface area (Å²) in [6.45, 7) is 2.70. The lowest BCUT2D eigenvalue weighted by Crippen LogP contribution is -2.47. The second-order valence-corrected chi connectivity index (χ2v) is 10.6. The molecule has 4 rings (SSSR count). The van der Waals surface area contributed by atoms with Crippen molar-refractivity contribution < 1.29 is 19.4 Å². The first-order chi connectivity index (χ1) is 18.1. The Kier molecular flexibility index (Phi) is 10.8. The van der Waals surface area contributed by atoms with E-state index in [4.69, 9.17) is 9.47 Å². The highest BCUT2D eigenvalue weighted by Gasteiger charge is 2.45. The van der Waals surface area contributed by atoms with Crippen molar-refractivity contribution in [2.45, 2.75) is 82.6 Å². The lowest BCUT2D eigenvalue weighted by atomic mass is 9.93. The van der Waals surface area contributed by atoms with E-state index in [0.717, 1.165) is 38.8 Å². The molecule has 2 aromatic rings. The molecule has 5 heteroatoms. The van der Waals surface area contributed by atoms with E-state index < -0.39 is 0 Å². The van der Waals surface area contributed by atoms with E-state index in [0.29, 0.717) is 19.4 Å². The van der Waals surface area contributed by atoms with Gasteiger partial charge < -0.3 is 14.6 Å². The van der Waals surface area contributed by atoms with E-state index in [1.54, 1.807) is 0 Å². The summed E-state index contributed by atoms with van der Waals surface area (Å²) in [6, 6.07) is 19.4. The first-order valence-electron chi connectivity index (χ1n) is 14.0. The number of likely N-dealkylation sites (tertiary alicyclic amines) is 1. The zero-order valence-corrected chi connectivity index (χ0v) is 22.3. The first kappa shape index (κ1) is 27.6. The summed E-state index contributed by atoms with van der Waals surface area (Å²) >= 11 is 0. The fourth-order valence-electron chi connectivity index (χ4n) is 5.90. The second kappa shape index (κ2) is 14.5. The van der Waals surface area contributed by atoms with Crippen LogP contribution in [-0.4, -0.2) is 54.4 Å². The minimum atomic E-state index is -0.353. The summed E-state index contributed by atoms with van der Waals surface area (Å²) in [7, 11) is 1.43. The molecule has 0 bridgehead atoms. The second-order valence-electron chi connectivity index (χ2n) is 10.6. The monoisotopic (exact) mass is 505 g/mol. The predicted octanol–water partition coefficient (Wildman–Crippen LogP) is 5.69. The number of ether oxygens (including phenoxy) is 2. The van der Waals surface area contributed by atoms with Crippen molar-refractivity contribution in [3.8, 4) is 0 Å². The number of hydrogen-bond donors (Lipinski definition) is 1. The van der Waals surface area contributed by atoms with E-state index in [2.05, 4.69) is 65.6 Å². The Hall–Kier alpha value is -2.47. The fraction of sp³-hybridized carbons (Fsp3) is 0.531. The number of esters is 1. The highest BCUT2D eigenvalue weighted by Crippen LogP contribution is 2.37. The summed E-state index contributed by atoms with van der Waals surface area (Å²) in [5.74, 6) is 0.112. The molecule has 0 aromatic heterocycles. The molecule has 2 fully saturated rings. The van der Waals surface area contributed by atoms with Gasteiger partial charge in [0.05, 0.1) is 25.9 Å². The normalized spacial score (nSPS) is 24.5. The lowest BCUT2D eigenvalue weighted by molar-refractivity contribution is -0.140. The Morgan fingerprint density at radius 1 is 0.973 bits per heavy atom. The molecule has 0 amide bonds. The third-order valence-corrected chi connectivity index (χ3v) is 7.89. The number of rotatable bonds is 12. The van der Waals surface area contributed by atoms with Crippen molar-refractivity contribution in [2.24, 2.45) is 5.92 Å². The van der Waals surface area contributed by atoms with Crippen LogP contribution in [0, 0.1) is 5.92 Å². The average molecular weight is 506 g/mol. The van der Waals surface area contributed by atoms with Crippen molar-refractivity contribution in [3.05, 3.63) is 83.4 Å². The number of carbonyl (C=O) groups excluding carboxylic acids is 1. The van der Waals surface area contributed by atoms with Gasteiger partial charge in [0, 0.05) is 24.8 Å². The summed E-state index contributed by atoms with van der Waals surface area (Å²) in [4.78, 5) is 13.8. The molecule has 2 aromatic carbocycles. The molecule has 1 saturated carbocycles. The maximum atomic E-state index is 11.3. The number of unbranched alkanes of at least 4 members (excludes halogenated alkanes) is 1. The molecule has 1 saturated heterocycles. The van der Waals surface area contributed by atoms with Crippen molar-refractivity contribution >= 4 is 5.97 Å². The Labute approximate surface area is 222 Å². The van der Waals surface area contributed by atoms with Crippen LogP contribution < -0.4 is 0 Å². The SMILES string of the molecule is COC(=O)CCC/C=C/C[C@@H]1[C@@H](N2CCCCC2)[C@H](O)C[C@@H]1OCc1ccc(Cc2ccccc2)cc1. The molecule has 5 nitrogen and oxygen atoms in total. The van der Waals surface area contributed by atoms with Gasteiger partial charge in [-0.25, -0.2) is 0 Å². The average Bonchev–Trinajstić information content (AvgIpc) is 3.25. The molecule has 4 atom stereocenters. The van der Waals surface area contributed by atoms with Gasteiger partial charge >= 0.3 is 5.97 Å². The maximum Gasteiger partial charge on any atom is 0.305 e. The molecule has 2 aliphatic rings. The van der Waals surface area contributed by atoms with Gasteiger partial charge in [-0.2, -0.15) is 0 Å². The van der Waals surface area contributed by atoms with Crippen LogP contribution >= 0.6 is 0 Å². The fourth-order valence-corrected chi connectivity index (χ4v) is 5.90. The first-order valence-corrected chi connectivity index (χ1v) is 14.0. The van der Waals surface area contributed by atoms with Gasteiger partial charge in [-0.15, -0.1) is 0 Å². The van der Waals surface area contributed by atoms with E-state index in [1.165, 1.54) is 43.1 Å². The van der Waals surface area contributed by atoms with Crippen LogP contribution in [0.3, 0.4) is 0 Å². The number of methoxy groups -OCH3 is 1. The van der Waals surface area contributed by atoms with Gasteiger partial charge in [0.2, 0.25) is 0 Å². The predicted molar refractivity (Wildman–Crippen MR) is 147 cm³/mol. The number of aliphatic hydroxyl groups is 1. The van der Waals surface area contributed by atoms with Crippen LogP contribution in [0.1, 0.15) is 68.1 Å². The van der Waals surface area contributed by atoms with Crippen molar-refractivity contribution in [3.63, 3.8) is 0 Å². The van der Waals surface area contributed by atoms with Crippen molar-refractivity contribution in [1.29, 1.82) is 0 Å². The highest BCUT2D eigenvalue weighted by molar-refractivity contribution is 5.69. The van der Waals surface area contributed by atoms with Crippen LogP contribution in [0.25, 0.3) is 0 Å². The lowest BCUT2D eigenvalue weighted by Gasteiger charge is -2.37. The molecular formula is C32H43NO4. The highest BCUT2D eigenvalue weighted by atomic mass is 16.5. The van der Waals surface area contributed by atoms with Crippen LogP contribution in [-0.2, 0) is 27.3 Å². The summed E-state index contributed by atoms with van der Waals surface area (Å²) in [5, 5.41) is 11.1. The molecule has 1 N–H and O–H groups in total. The third kappa shape index (κ3) is 8.26. The molecule has 1 heterocycles. The quantitative estimate of drug-likeness (QED) is 0.228. The third-order valence-electron chi connectivity index (χ3n) is 7.89. The van der Waals surface area contributed by atoms with Crippen LogP contribution in [0.15, 0.2) is 66.7 Å². The number of allylic oxidation sites excluding steroid dienone is 2. The topological polar surface area (TPSA) is 59.0 Å². The van der Waals surface area contributed by atoms with E-state index in [-0.39, 0.29) is 30.1 Å². The molecule has 1 aliphatic carbocycles. The number of benzene rings is 2. The largest absolute Gasteiger partial charge is 0.469 e. The van der Waals surface area contributed by atoms with Gasteiger partial charge in [0.15, 0.2) is 0 Å². The van der Waals surface area contributed by atoms with Gasteiger partial charge in [0.25, 0.3) is 0 Å². The smallest absolute Gasteiger partial charge is 0.305 e. The van der Waals surface area contributed by atoms with E-state index in [9.17, 15) is 9.90 Å². The molecule has 1 aliphatic heterocycles. The van der Waals surface area contributed by atoms with E-state index in [1.807, 2.05) is 6.07 Å². The van der Waals surface area contributed by atoms with Gasteiger partial charge in [-0.1, -0.05) is 73.2 Å². The number of nitrogens with zero attached hydrogens (tertiary/aromatic N) is 1. The molecule has 200 valence electrons. The standard InChI is InChI=1S/C32H43NO4/c1-36-31(35)15-9-3-2-8-14-28-30(23-29(34)32(28)33-20-10-5-11-21-33)37-24-27-18-16-26(17-19-27)22-25-12-6-4-7-13-25/h2,4,6-8,12-13,16-19,28-30,32,34H,3,5,9-11,14-15,20-24H2,1H3/b8-2+/t28-,29+,30-,32+/m0/s1. The molecule has 0 unspecified atom stereocenters. The minimum Gasteiger partial charge on any atom is -0.469 e. The zero-order valence-electron chi connectivity index (χ0n) is 22.3. The maximum absolute atomic E-state index is 11.3. The summed E-state index contributed by atoms with van der Waals surface area (Å²) in [6.07, 6.45) is 12.4. The molecule has 0 spiro atoms. The molecule has 37 heavy (non-hydrogen) atoms. The minimum absolute atomic E-state index is 0.0330. The van der Waals surface area contributed by atoms with Crippen LogP contribution in [0.5, 0.6) is 0 Å². The Morgan fingerprint density at radius 3 is 2.41 bits per heavy atom. The number of carbonyl (C=O) groups is 1. The van der Waals surface area contributed by atoms with E-state index >= 15 is 0 Å². The molecular weight excluding hydrogens is 462 g/mol. The van der Waals surface area contributed by atoms with Gasteiger partial charge in [0.1, 0.15) is 0 Å². The Morgan fingerprint density at radius 2 is 1.68 bits per heavy atom. The Balaban J connectivity index is 1.34. The molecule has 0 radical (unpaired) electrons. The number of piperidine rings is 1. The van der Waals surface area contributed by atoms with Gasteiger partial charge in [-0.3, -0.25) is 9.69 Å². The summed E-state index contributed by atoms with van der Waals surface area (Å²) < 4.78 is 11.2. The van der Waals surface area contributed by atoms with Gasteiger partial charge in [-0.05, 0) is 68.3 Å². The van der Waals surface area contributed by atoms with Crippen LogP contribution in [0.4, 0.5) is 0 Å². The summed E-state index contributed by atoms with van der Waals surface area (Å²) in [5.41, 5.74) is 3.79. The Bertz CT molecular complexity index is 968. The van der Waals surface area contributed by atoms with Crippen molar-refractivity contribution in [1.82, 2.24) is 4.90 Å². The van der Waals surface area contributed by atoms with Crippen molar-refractivity contribution in [2.75, 3.05) is 20.2 Å².